The van der Waals surface area contributed by atoms with Gasteiger partial charge in [0.15, 0.2) is 0 Å². The topological polar surface area (TPSA) is 46.5 Å². The maximum Gasteiger partial charge on any atom is 0.411 e. The number of carbonyl (C=O) groups is 1. The van der Waals surface area contributed by atoms with Crippen LogP contribution in [-0.4, -0.2) is 30.5 Å². The Morgan fingerprint density at radius 2 is 2.07 bits per heavy atom. The summed E-state index contributed by atoms with van der Waals surface area (Å²) in [4.78, 5) is 10.5. The minimum absolute atomic E-state index is 0.0523. The first kappa shape index (κ1) is 14.2. The van der Waals surface area contributed by atoms with Crippen molar-refractivity contribution in [2.75, 3.05) is 13.2 Å². The van der Waals surface area contributed by atoms with Gasteiger partial charge in [-0.05, 0) is 19.3 Å². The van der Waals surface area contributed by atoms with Gasteiger partial charge in [-0.25, -0.2) is 0 Å². The molecular weight excluding hydrogens is 213 g/mol. The zero-order valence-corrected chi connectivity index (χ0v) is 8.51. The van der Waals surface area contributed by atoms with Crippen molar-refractivity contribution in [2.24, 2.45) is 5.92 Å². The highest BCUT2D eigenvalue weighted by molar-refractivity contribution is 5.69. The second-order valence-corrected chi connectivity index (χ2v) is 3.25. The summed E-state index contributed by atoms with van der Waals surface area (Å²) in [6, 6.07) is 0. The molecule has 3 nitrogen and oxygen atoms in total. The Kier molecular flexibility index (Phi) is 6.31. The average Bonchev–Trinajstić information content (AvgIpc) is 2.08. The van der Waals surface area contributed by atoms with Gasteiger partial charge >= 0.3 is 12.1 Å². The van der Waals surface area contributed by atoms with Crippen LogP contribution in [0.3, 0.4) is 0 Å². The van der Waals surface area contributed by atoms with Crippen LogP contribution in [0.15, 0.2) is 0 Å². The predicted molar refractivity (Wildman–Crippen MR) is 47.5 cm³/mol. The summed E-state index contributed by atoms with van der Waals surface area (Å²) in [5.41, 5.74) is 0. The molecule has 90 valence electrons. The average molecular weight is 228 g/mol. The van der Waals surface area contributed by atoms with E-state index in [1.807, 2.05) is 0 Å². The van der Waals surface area contributed by atoms with Crippen molar-refractivity contribution in [1.82, 2.24) is 0 Å². The smallest absolute Gasteiger partial charge is 0.411 e. The number of hydrogen-bond donors (Lipinski definition) is 1. The normalized spacial score (nSPS) is 13.9. The van der Waals surface area contributed by atoms with E-state index in [1.54, 1.807) is 6.92 Å². The molecule has 0 aliphatic carbocycles. The van der Waals surface area contributed by atoms with E-state index in [9.17, 15) is 18.0 Å². The Morgan fingerprint density at radius 3 is 2.47 bits per heavy atom. The van der Waals surface area contributed by atoms with E-state index in [1.165, 1.54) is 0 Å². The molecule has 1 unspecified atom stereocenters. The minimum atomic E-state index is -4.31. The van der Waals surface area contributed by atoms with Gasteiger partial charge in [0.1, 0.15) is 6.61 Å². The molecule has 0 aliphatic heterocycles. The molecule has 1 N–H and O–H groups in total. The van der Waals surface area contributed by atoms with Crippen molar-refractivity contribution >= 4 is 5.97 Å². The Bertz CT molecular complexity index is 192. The Balaban J connectivity index is 3.49. The molecule has 0 spiro atoms. The fourth-order valence-corrected chi connectivity index (χ4v) is 1.12. The van der Waals surface area contributed by atoms with Gasteiger partial charge < -0.3 is 9.84 Å². The SMILES string of the molecule is CCC(CCCOCC(F)(F)F)C(=O)O. The monoisotopic (exact) mass is 228 g/mol. The number of hydrogen-bond acceptors (Lipinski definition) is 2. The van der Waals surface area contributed by atoms with Gasteiger partial charge in [-0.2, -0.15) is 13.2 Å². The Morgan fingerprint density at radius 1 is 1.47 bits per heavy atom. The van der Waals surface area contributed by atoms with Gasteiger partial charge in [-0.15, -0.1) is 0 Å². The number of carboxylic acid groups (broad SMARTS) is 1. The molecular formula is C9H15F3O3. The summed E-state index contributed by atoms with van der Waals surface area (Å²) in [5.74, 6) is -1.40. The first-order valence-electron chi connectivity index (χ1n) is 4.74. The fraction of sp³-hybridized carbons (Fsp3) is 0.889. The van der Waals surface area contributed by atoms with Crippen molar-refractivity contribution < 1.29 is 27.8 Å². The standard InChI is InChI=1S/C9H15F3O3/c1-2-7(8(13)14)4-3-5-15-6-9(10,11)12/h7H,2-6H2,1H3,(H,13,14). The molecule has 0 bridgehead atoms. The summed E-state index contributed by atoms with van der Waals surface area (Å²) >= 11 is 0. The van der Waals surface area contributed by atoms with Crippen LogP contribution in [0, 0.1) is 5.92 Å². The van der Waals surface area contributed by atoms with Crippen molar-refractivity contribution in [3.63, 3.8) is 0 Å². The Labute approximate surface area is 86.2 Å². The van der Waals surface area contributed by atoms with Gasteiger partial charge in [-0.1, -0.05) is 6.92 Å². The van der Waals surface area contributed by atoms with Crippen LogP contribution in [0.2, 0.25) is 0 Å². The van der Waals surface area contributed by atoms with Crippen LogP contribution < -0.4 is 0 Å². The largest absolute Gasteiger partial charge is 0.481 e. The van der Waals surface area contributed by atoms with Crippen LogP contribution in [0.5, 0.6) is 0 Å². The van der Waals surface area contributed by atoms with Gasteiger partial charge in [0.05, 0.1) is 5.92 Å². The van der Waals surface area contributed by atoms with Crippen LogP contribution in [0.4, 0.5) is 13.2 Å². The predicted octanol–water partition coefficient (Wildman–Crippen LogP) is 2.46. The number of rotatable bonds is 7. The lowest BCUT2D eigenvalue weighted by atomic mass is 10.0. The third kappa shape index (κ3) is 8.23. The molecule has 0 aromatic heterocycles. The summed E-state index contributed by atoms with van der Waals surface area (Å²) in [6.07, 6.45) is -3.14. The molecule has 0 aliphatic rings. The van der Waals surface area contributed by atoms with E-state index in [0.29, 0.717) is 19.3 Å². The third-order valence-corrected chi connectivity index (χ3v) is 1.95. The lowest BCUT2D eigenvalue weighted by Gasteiger charge is -2.10. The van der Waals surface area contributed by atoms with E-state index in [4.69, 9.17) is 5.11 Å². The quantitative estimate of drug-likeness (QED) is 0.681. The second-order valence-electron chi connectivity index (χ2n) is 3.25. The minimum Gasteiger partial charge on any atom is -0.481 e. The highest BCUT2D eigenvalue weighted by Gasteiger charge is 2.27. The number of carboxylic acids is 1. The molecule has 0 saturated carbocycles. The van der Waals surface area contributed by atoms with Crippen molar-refractivity contribution in [1.29, 1.82) is 0 Å². The molecule has 0 radical (unpaired) electrons. The van der Waals surface area contributed by atoms with E-state index < -0.39 is 24.7 Å². The maximum atomic E-state index is 11.6. The molecule has 0 saturated heterocycles. The van der Waals surface area contributed by atoms with E-state index in [0.717, 1.165) is 0 Å². The highest BCUT2D eigenvalue weighted by atomic mass is 19.4. The molecule has 0 heterocycles. The molecule has 6 heteroatoms. The van der Waals surface area contributed by atoms with Crippen molar-refractivity contribution in [3.05, 3.63) is 0 Å². The van der Waals surface area contributed by atoms with E-state index in [-0.39, 0.29) is 6.61 Å². The summed E-state index contributed by atoms with van der Waals surface area (Å²) in [5, 5.41) is 8.64. The number of aliphatic carboxylic acids is 1. The molecule has 1 atom stereocenters. The summed E-state index contributed by atoms with van der Waals surface area (Å²) in [7, 11) is 0. The van der Waals surface area contributed by atoms with Crippen molar-refractivity contribution in [3.8, 4) is 0 Å². The van der Waals surface area contributed by atoms with E-state index in [2.05, 4.69) is 4.74 Å². The number of ether oxygens (including phenoxy) is 1. The lowest BCUT2D eigenvalue weighted by molar-refractivity contribution is -0.174. The Hall–Kier alpha value is -0.780. The first-order valence-corrected chi connectivity index (χ1v) is 4.74. The first-order chi connectivity index (χ1) is 6.87. The number of halogens is 3. The summed E-state index contributed by atoms with van der Waals surface area (Å²) < 4.78 is 39.2. The number of alkyl halides is 3. The zero-order chi connectivity index (χ0) is 11.9. The fourth-order valence-electron chi connectivity index (χ4n) is 1.12. The molecule has 0 rings (SSSR count). The van der Waals surface area contributed by atoms with Crippen molar-refractivity contribution in [2.45, 2.75) is 32.4 Å². The molecule has 15 heavy (non-hydrogen) atoms. The maximum absolute atomic E-state index is 11.6. The third-order valence-electron chi connectivity index (χ3n) is 1.95. The van der Waals surface area contributed by atoms with Crippen LogP contribution in [-0.2, 0) is 9.53 Å². The summed E-state index contributed by atoms with van der Waals surface area (Å²) in [6.45, 7) is 0.412. The van der Waals surface area contributed by atoms with Gasteiger partial charge in [0.2, 0.25) is 0 Å². The van der Waals surface area contributed by atoms with Crippen LogP contribution >= 0.6 is 0 Å². The van der Waals surface area contributed by atoms with E-state index >= 15 is 0 Å². The molecule has 0 fully saturated rings. The van der Waals surface area contributed by atoms with Crippen LogP contribution in [0.1, 0.15) is 26.2 Å². The highest BCUT2D eigenvalue weighted by Crippen LogP contribution is 2.15. The molecule has 0 aromatic carbocycles. The van der Waals surface area contributed by atoms with Gasteiger partial charge in [-0.3, -0.25) is 4.79 Å². The molecule has 0 aromatic rings. The van der Waals surface area contributed by atoms with Crippen LogP contribution in [0.25, 0.3) is 0 Å². The van der Waals surface area contributed by atoms with Gasteiger partial charge in [0, 0.05) is 6.61 Å². The lowest BCUT2D eigenvalue weighted by Crippen LogP contribution is -2.18. The second kappa shape index (κ2) is 6.66. The van der Waals surface area contributed by atoms with Gasteiger partial charge in [0.25, 0.3) is 0 Å². The molecule has 0 amide bonds. The zero-order valence-electron chi connectivity index (χ0n) is 8.51.